The van der Waals surface area contributed by atoms with Crippen LogP contribution < -0.4 is 4.74 Å². The van der Waals surface area contributed by atoms with Gasteiger partial charge in [0.2, 0.25) is 5.91 Å². The predicted octanol–water partition coefficient (Wildman–Crippen LogP) is 3.96. The Bertz CT molecular complexity index is 1160. The minimum atomic E-state index is -0.361. The summed E-state index contributed by atoms with van der Waals surface area (Å²) in [7, 11) is 1.92. The average Bonchev–Trinajstić information content (AvgIpc) is 3.10. The van der Waals surface area contributed by atoms with Crippen molar-refractivity contribution < 1.29 is 14.3 Å². The molecular weight excluding hydrogens is 428 g/mol. The summed E-state index contributed by atoms with van der Waals surface area (Å²) in [5, 5.41) is 0. The van der Waals surface area contributed by atoms with Crippen LogP contribution in [0.4, 0.5) is 0 Å². The minimum absolute atomic E-state index is 0.0473. The van der Waals surface area contributed by atoms with Crippen molar-refractivity contribution in [1.29, 1.82) is 0 Å². The Labute approximate surface area is 199 Å². The summed E-state index contributed by atoms with van der Waals surface area (Å²) in [6, 6.07) is 19.6. The van der Waals surface area contributed by atoms with Crippen LogP contribution in [0.25, 0.3) is 0 Å². The molecule has 0 radical (unpaired) electrons. The molecule has 2 aliphatic heterocycles. The summed E-state index contributed by atoms with van der Waals surface area (Å²) in [6.07, 6.45) is 6.31. The van der Waals surface area contributed by atoms with Crippen molar-refractivity contribution in [1.82, 2.24) is 19.8 Å². The first kappa shape index (κ1) is 22.1. The highest BCUT2D eigenvalue weighted by atomic mass is 16.5. The second-order valence-electron chi connectivity index (χ2n) is 9.20. The zero-order valence-electron chi connectivity index (χ0n) is 19.3. The van der Waals surface area contributed by atoms with Gasteiger partial charge < -0.3 is 14.5 Å². The van der Waals surface area contributed by atoms with Crippen molar-refractivity contribution in [2.75, 3.05) is 20.1 Å². The van der Waals surface area contributed by atoms with Gasteiger partial charge in [-0.2, -0.15) is 0 Å². The third kappa shape index (κ3) is 4.38. The molecule has 2 aromatic carbocycles. The molecule has 34 heavy (non-hydrogen) atoms. The Morgan fingerprint density at radius 3 is 2.50 bits per heavy atom. The normalized spacial score (nSPS) is 19.4. The number of carbonyl (C=O) groups excluding carboxylic acids is 2. The summed E-state index contributed by atoms with van der Waals surface area (Å²) in [6.45, 7) is 1.15. The molecule has 3 heterocycles. The van der Waals surface area contributed by atoms with E-state index in [0.29, 0.717) is 37.2 Å². The van der Waals surface area contributed by atoms with Crippen molar-refractivity contribution in [2.24, 2.45) is 5.41 Å². The Morgan fingerprint density at radius 2 is 1.76 bits per heavy atom. The molecule has 2 amide bonds. The van der Waals surface area contributed by atoms with Crippen molar-refractivity contribution in [3.05, 3.63) is 84.2 Å². The molecule has 1 aromatic heterocycles. The molecule has 0 saturated carbocycles. The smallest absolute Gasteiger partial charge is 0.321 e. The molecule has 7 heteroatoms. The standard InChI is InChI=1S/C27H28N4O3/c1-30-22(17-20-7-3-2-4-8-20)19-27(25(30)33)11-15-31(16-12-27)24(32)21-9-5-10-23(18-21)34-26-28-13-6-14-29-26/h2-10,13-14,18,22H,11-12,15-17,19H2,1H3/t22-/m0/s1. The van der Waals surface area contributed by atoms with Crippen LogP contribution >= 0.6 is 0 Å². The molecule has 2 saturated heterocycles. The molecule has 3 aromatic rings. The molecule has 2 aliphatic rings. The highest BCUT2D eigenvalue weighted by molar-refractivity contribution is 5.95. The van der Waals surface area contributed by atoms with Gasteiger partial charge in [0.1, 0.15) is 5.75 Å². The third-order valence-corrected chi connectivity index (χ3v) is 7.10. The number of benzene rings is 2. The van der Waals surface area contributed by atoms with E-state index in [1.54, 1.807) is 42.7 Å². The van der Waals surface area contributed by atoms with Crippen molar-refractivity contribution in [3.63, 3.8) is 0 Å². The van der Waals surface area contributed by atoms with Crippen molar-refractivity contribution >= 4 is 11.8 Å². The second kappa shape index (κ2) is 9.25. The lowest BCUT2D eigenvalue weighted by molar-refractivity contribution is -0.137. The fourth-order valence-corrected chi connectivity index (χ4v) is 5.19. The molecule has 1 spiro atoms. The number of rotatable bonds is 5. The number of hydrogen-bond acceptors (Lipinski definition) is 5. The van der Waals surface area contributed by atoms with Gasteiger partial charge >= 0.3 is 6.01 Å². The van der Waals surface area contributed by atoms with E-state index in [2.05, 4.69) is 22.1 Å². The predicted molar refractivity (Wildman–Crippen MR) is 127 cm³/mol. The number of aromatic nitrogens is 2. The molecule has 0 unspecified atom stereocenters. The van der Waals surface area contributed by atoms with Crippen LogP contribution in [0.5, 0.6) is 11.8 Å². The van der Waals surface area contributed by atoms with E-state index < -0.39 is 0 Å². The quantitative estimate of drug-likeness (QED) is 0.581. The number of likely N-dealkylation sites (tertiary alicyclic amines) is 2. The maximum Gasteiger partial charge on any atom is 0.321 e. The van der Waals surface area contributed by atoms with Gasteiger partial charge in [0.25, 0.3) is 5.91 Å². The summed E-state index contributed by atoms with van der Waals surface area (Å²) in [4.78, 5) is 38.3. The summed E-state index contributed by atoms with van der Waals surface area (Å²) in [5.41, 5.74) is 1.45. The van der Waals surface area contributed by atoms with Gasteiger partial charge in [-0.15, -0.1) is 0 Å². The molecule has 0 N–H and O–H groups in total. The van der Waals surface area contributed by atoms with E-state index in [-0.39, 0.29) is 29.3 Å². The molecule has 0 aliphatic carbocycles. The Morgan fingerprint density at radius 1 is 1.03 bits per heavy atom. The zero-order chi connectivity index (χ0) is 23.5. The first-order valence-corrected chi connectivity index (χ1v) is 11.7. The van der Waals surface area contributed by atoms with Crippen molar-refractivity contribution in [3.8, 4) is 11.8 Å². The van der Waals surface area contributed by atoms with Crippen LogP contribution in [0, 0.1) is 5.41 Å². The van der Waals surface area contributed by atoms with Crippen LogP contribution in [-0.4, -0.2) is 57.8 Å². The zero-order valence-corrected chi connectivity index (χ0v) is 19.3. The van der Waals surface area contributed by atoms with E-state index in [0.717, 1.165) is 12.8 Å². The number of hydrogen-bond donors (Lipinski definition) is 0. The topological polar surface area (TPSA) is 75.6 Å². The fraction of sp³-hybridized carbons (Fsp3) is 0.333. The van der Waals surface area contributed by atoms with E-state index in [1.165, 1.54) is 5.56 Å². The molecule has 0 bridgehead atoms. The first-order chi connectivity index (χ1) is 16.5. The van der Waals surface area contributed by atoms with Crippen LogP contribution in [0.3, 0.4) is 0 Å². The summed E-state index contributed by atoms with van der Waals surface area (Å²) in [5.74, 6) is 0.689. The molecule has 1 atom stereocenters. The van der Waals surface area contributed by atoms with Crippen LogP contribution in [0.1, 0.15) is 35.2 Å². The first-order valence-electron chi connectivity index (χ1n) is 11.7. The van der Waals surface area contributed by atoms with E-state index >= 15 is 0 Å². The van der Waals surface area contributed by atoms with Gasteiger partial charge in [0.15, 0.2) is 0 Å². The third-order valence-electron chi connectivity index (χ3n) is 7.10. The van der Waals surface area contributed by atoms with Gasteiger partial charge in [-0.25, -0.2) is 9.97 Å². The second-order valence-corrected chi connectivity index (χ2v) is 9.20. The summed E-state index contributed by atoms with van der Waals surface area (Å²) < 4.78 is 5.68. The highest BCUT2D eigenvalue weighted by Gasteiger charge is 2.51. The van der Waals surface area contributed by atoms with Gasteiger partial charge in [-0.05, 0) is 55.5 Å². The van der Waals surface area contributed by atoms with Crippen LogP contribution in [0.15, 0.2) is 73.1 Å². The van der Waals surface area contributed by atoms with E-state index in [1.807, 2.05) is 35.0 Å². The number of carbonyl (C=O) groups is 2. The van der Waals surface area contributed by atoms with Crippen LogP contribution in [-0.2, 0) is 11.2 Å². The number of piperidine rings is 1. The Hall–Kier alpha value is -3.74. The lowest BCUT2D eigenvalue weighted by Crippen LogP contribution is -2.46. The lowest BCUT2D eigenvalue weighted by Gasteiger charge is -2.37. The van der Waals surface area contributed by atoms with Crippen molar-refractivity contribution in [2.45, 2.75) is 31.7 Å². The number of likely N-dealkylation sites (N-methyl/N-ethyl adjacent to an activating group) is 1. The average molecular weight is 457 g/mol. The maximum atomic E-state index is 13.2. The lowest BCUT2D eigenvalue weighted by atomic mass is 9.75. The van der Waals surface area contributed by atoms with Gasteiger partial charge in [-0.3, -0.25) is 9.59 Å². The number of amides is 2. The minimum Gasteiger partial charge on any atom is -0.424 e. The van der Waals surface area contributed by atoms with Crippen LogP contribution in [0.2, 0.25) is 0 Å². The fourth-order valence-electron chi connectivity index (χ4n) is 5.19. The summed E-state index contributed by atoms with van der Waals surface area (Å²) >= 11 is 0. The SMILES string of the molecule is CN1C(=O)C2(CCN(C(=O)c3cccc(Oc4ncccn4)c3)CC2)C[C@@H]1Cc1ccccc1. The molecule has 5 rings (SSSR count). The van der Waals surface area contributed by atoms with Gasteiger partial charge in [0.05, 0.1) is 5.41 Å². The van der Waals surface area contributed by atoms with Gasteiger partial charge in [0, 0.05) is 44.1 Å². The number of ether oxygens (including phenoxy) is 1. The number of nitrogens with zero attached hydrogens (tertiary/aromatic N) is 4. The molecule has 2 fully saturated rings. The van der Waals surface area contributed by atoms with E-state index in [4.69, 9.17) is 4.74 Å². The largest absolute Gasteiger partial charge is 0.424 e. The molecule has 174 valence electrons. The Balaban J connectivity index is 1.23. The maximum absolute atomic E-state index is 13.2. The Kier molecular flexibility index (Phi) is 6.01. The van der Waals surface area contributed by atoms with Gasteiger partial charge in [-0.1, -0.05) is 36.4 Å². The monoisotopic (exact) mass is 456 g/mol. The highest BCUT2D eigenvalue weighted by Crippen LogP contribution is 2.44. The molecule has 7 nitrogen and oxygen atoms in total. The van der Waals surface area contributed by atoms with E-state index in [9.17, 15) is 9.59 Å². The molecular formula is C27H28N4O3.